The maximum atomic E-state index is 11.1. The van der Waals surface area contributed by atoms with Crippen molar-refractivity contribution >= 4 is 11.7 Å². The van der Waals surface area contributed by atoms with E-state index in [0.717, 1.165) is 0 Å². The molecule has 3 N–H and O–H groups in total. The number of carboxylic acid groups (broad SMARTS) is 1. The number of phenolic OH excluding ortho intramolecular Hbond substituents is 1. The van der Waals surface area contributed by atoms with Gasteiger partial charge in [-0.2, -0.15) is 0 Å². The van der Waals surface area contributed by atoms with Crippen LogP contribution in [0.2, 0.25) is 0 Å². The van der Waals surface area contributed by atoms with E-state index >= 15 is 0 Å². The molecular formula is C15H13NO5. The summed E-state index contributed by atoms with van der Waals surface area (Å²) in [7, 11) is 0. The van der Waals surface area contributed by atoms with Crippen LogP contribution >= 0.6 is 0 Å². The number of carbonyl (C=O) groups is 1. The molecule has 0 bridgehead atoms. The van der Waals surface area contributed by atoms with E-state index in [0.29, 0.717) is 22.7 Å². The first-order valence-electron chi connectivity index (χ1n) is 6.33. The molecule has 1 aliphatic rings. The van der Waals surface area contributed by atoms with Gasteiger partial charge in [-0.1, -0.05) is 12.1 Å². The highest BCUT2D eigenvalue weighted by atomic mass is 16.7. The Morgan fingerprint density at radius 3 is 2.67 bits per heavy atom. The number of rotatable bonds is 4. The third-order valence-electron chi connectivity index (χ3n) is 3.20. The molecule has 0 aromatic heterocycles. The molecule has 2 aromatic carbocycles. The van der Waals surface area contributed by atoms with E-state index in [1.54, 1.807) is 24.3 Å². The zero-order chi connectivity index (χ0) is 14.8. The van der Waals surface area contributed by atoms with E-state index in [9.17, 15) is 9.90 Å². The summed E-state index contributed by atoms with van der Waals surface area (Å²) in [6.07, 6.45) is 0. The number of nitrogens with one attached hydrogen (secondary N) is 1. The minimum absolute atomic E-state index is 0.0690. The highest BCUT2D eigenvalue weighted by molar-refractivity contribution is 5.94. The Kier molecular flexibility index (Phi) is 3.27. The molecule has 6 nitrogen and oxygen atoms in total. The van der Waals surface area contributed by atoms with Gasteiger partial charge in [-0.15, -0.1) is 0 Å². The molecule has 0 radical (unpaired) electrons. The Morgan fingerprint density at radius 1 is 1.19 bits per heavy atom. The van der Waals surface area contributed by atoms with Crippen LogP contribution in [0, 0.1) is 0 Å². The molecule has 0 spiro atoms. The summed E-state index contributed by atoms with van der Waals surface area (Å²) in [6.45, 7) is 0.403. The lowest BCUT2D eigenvalue weighted by molar-refractivity contribution is 0.0698. The fourth-order valence-electron chi connectivity index (χ4n) is 2.13. The first kappa shape index (κ1) is 13.1. The standard InChI is InChI=1S/C15H13NO5/c17-12-6-14-13(20-8-21-14)5-9(12)7-16-11-4-2-1-3-10(11)15(18)19/h1-6,16-17H,7-8H2,(H,18,19). The van der Waals surface area contributed by atoms with Crippen molar-refractivity contribution < 1.29 is 24.5 Å². The molecular weight excluding hydrogens is 274 g/mol. The second-order valence-corrected chi connectivity index (χ2v) is 4.54. The molecule has 0 saturated heterocycles. The maximum absolute atomic E-state index is 11.1. The van der Waals surface area contributed by atoms with Crippen LogP contribution in [0.1, 0.15) is 15.9 Å². The number of anilines is 1. The van der Waals surface area contributed by atoms with Crippen molar-refractivity contribution in [1.82, 2.24) is 0 Å². The molecule has 0 aliphatic carbocycles. The Labute approximate surface area is 120 Å². The van der Waals surface area contributed by atoms with Crippen LogP contribution < -0.4 is 14.8 Å². The van der Waals surface area contributed by atoms with Gasteiger partial charge in [0.15, 0.2) is 11.5 Å². The van der Waals surface area contributed by atoms with Gasteiger partial charge < -0.3 is 25.0 Å². The first-order chi connectivity index (χ1) is 10.1. The molecule has 0 amide bonds. The van der Waals surface area contributed by atoms with Crippen LogP contribution in [0.5, 0.6) is 17.2 Å². The normalized spacial score (nSPS) is 12.2. The van der Waals surface area contributed by atoms with Crippen LogP contribution in [0.3, 0.4) is 0 Å². The maximum Gasteiger partial charge on any atom is 0.337 e. The molecule has 1 heterocycles. The molecule has 3 rings (SSSR count). The predicted molar refractivity (Wildman–Crippen MR) is 75.0 cm³/mol. The van der Waals surface area contributed by atoms with E-state index in [-0.39, 0.29) is 24.7 Å². The van der Waals surface area contributed by atoms with Gasteiger partial charge >= 0.3 is 5.97 Å². The zero-order valence-corrected chi connectivity index (χ0v) is 11.0. The van der Waals surface area contributed by atoms with Crippen LogP contribution in [-0.4, -0.2) is 23.0 Å². The van der Waals surface area contributed by atoms with E-state index in [2.05, 4.69) is 5.32 Å². The highest BCUT2D eigenvalue weighted by Gasteiger charge is 2.17. The van der Waals surface area contributed by atoms with Crippen molar-refractivity contribution in [3.8, 4) is 17.2 Å². The smallest absolute Gasteiger partial charge is 0.337 e. The first-order valence-corrected chi connectivity index (χ1v) is 6.33. The second kappa shape index (κ2) is 5.24. The molecule has 0 atom stereocenters. The molecule has 2 aromatic rings. The molecule has 1 aliphatic heterocycles. The summed E-state index contributed by atoms with van der Waals surface area (Å²) in [5.41, 5.74) is 1.26. The summed E-state index contributed by atoms with van der Waals surface area (Å²) >= 11 is 0. The van der Waals surface area contributed by atoms with Crippen molar-refractivity contribution in [3.05, 3.63) is 47.5 Å². The van der Waals surface area contributed by atoms with E-state index < -0.39 is 5.97 Å². The number of aromatic carboxylic acids is 1. The summed E-state index contributed by atoms with van der Waals surface area (Å²) < 4.78 is 10.4. The third kappa shape index (κ3) is 2.55. The lowest BCUT2D eigenvalue weighted by Crippen LogP contribution is -2.06. The van der Waals surface area contributed by atoms with E-state index in [4.69, 9.17) is 14.6 Å². The lowest BCUT2D eigenvalue weighted by atomic mass is 10.1. The molecule has 0 fully saturated rings. The average molecular weight is 287 g/mol. The van der Waals surface area contributed by atoms with Crippen molar-refractivity contribution in [3.63, 3.8) is 0 Å². The summed E-state index contributed by atoms with van der Waals surface area (Å²) in [5.74, 6) is 0.130. The lowest BCUT2D eigenvalue weighted by Gasteiger charge is -2.11. The molecule has 6 heteroatoms. The van der Waals surface area contributed by atoms with Crippen molar-refractivity contribution in [2.24, 2.45) is 0 Å². The fraction of sp³-hybridized carbons (Fsp3) is 0.133. The average Bonchev–Trinajstić information content (AvgIpc) is 2.92. The topological polar surface area (TPSA) is 88.0 Å². The Balaban J connectivity index is 1.81. The molecule has 108 valence electrons. The van der Waals surface area contributed by atoms with Gasteiger partial charge in [-0.05, 0) is 18.2 Å². The van der Waals surface area contributed by atoms with Gasteiger partial charge in [0.2, 0.25) is 6.79 Å². The van der Waals surface area contributed by atoms with Crippen LogP contribution in [0.25, 0.3) is 0 Å². The number of ether oxygens (including phenoxy) is 2. The van der Waals surface area contributed by atoms with Gasteiger partial charge in [0, 0.05) is 23.9 Å². The van der Waals surface area contributed by atoms with E-state index in [1.165, 1.54) is 12.1 Å². The van der Waals surface area contributed by atoms with Crippen molar-refractivity contribution in [1.29, 1.82) is 0 Å². The number of carboxylic acids is 1. The number of fused-ring (bicyclic) bond motifs is 1. The predicted octanol–water partition coefficient (Wildman–Crippen LogP) is 2.43. The van der Waals surface area contributed by atoms with E-state index in [1.807, 2.05) is 0 Å². The largest absolute Gasteiger partial charge is 0.507 e. The van der Waals surface area contributed by atoms with Crippen molar-refractivity contribution in [2.45, 2.75) is 6.54 Å². The van der Waals surface area contributed by atoms with Crippen LogP contribution in [0.15, 0.2) is 36.4 Å². The van der Waals surface area contributed by atoms with Gasteiger partial charge in [0.1, 0.15) is 5.75 Å². The number of hydrogen-bond acceptors (Lipinski definition) is 5. The number of hydrogen-bond donors (Lipinski definition) is 3. The minimum atomic E-state index is -1.01. The molecule has 0 saturated carbocycles. The van der Waals surface area contributed by atoms with Crippen LogP contribution in [0.4, 0.5) is 5.69 Å². The van der Waals surface area contributed by atoms with Gasteiger partial charge in [0.05, 0.1) is 5.56 Å². The molecule has 0 unspecified atom stereocenters. The summed E-state index contributed by atoms with van der Waals surface area (Å²) in [4.78, 5) is 11.1. The Morgan fingerprint density at radius 2 is 1.90 bits per heavy atom. The fourth-order valence-corrected chi connectivity index (χ4v) is 2.13. The van der Waals surface area contributed by atoms with Gasteiger partial charge in [0.25, 0.3) is 0 Å². The SMILES string of the molecule is O=C(O)c1ccccc1NCc1cc2c(cc1O)OCO2. The number of benzene rings is 2. The highest BCUT2D eigenvalue weighted by Crippen LogP contribution is 2.37. The second-order valence-electron chi connectivity index (χ2n) is 4.54. The Bertz CT molecular complexity index is 698. The molecule has 21 heavy (non-hydrogen) atoms. The summed E-state index contributed by atoms with van der Waals surface area (Å²) in [5, 5.41) is 22.1. The van der Waals surface area contributed by atoms with Gasteiger partial charge in [-0.25, -0.2) is 4.79 Å². The monoisotopic (exact) mass is 287 g/mol. The number of aromatic hydroxyl groups is 1. The third-order valence-corrected chi connectivity index (χ3v) is 3.20. The quantitative estimate of drug-likeness (QED) is 0.800. The number of phenols is 1. The van der Waals surface area contributed by atoms with Gasteiger partial charge in [-0.3, -0.25) is 0 Å². The summed E-state index contributed by atoms with van der Waals surface area (Å²) in [6, 6.07) is 9.76. The Hall–Kier alpha value is -2.89. The minimum Gasteiger partial charge on any atom is -0.507 e. The van der Waals surface area contributed by atoms with Crippen molar-refractivity contribution in [2.75, 3.05) is 12.1 Å². The van der Waals surface area contributed by atoms with Crippen LogP contribution in [-0.2, 0) is 6.54 Å². The number of para-hydroxylation sites is 1. The zero-order valence-electron chi connectivity index (χ0n) is 11.0.